The van der Waals surface area contributed by atoms with E-state index in [0.717, 1.165) is 11.8 Å². The predicted molar refractivity (Wildman–Crippen MR) is 81.0 cm³/mol. The molecule has 3 aromatic rings. The number of alkyl halides is 3. The molecule has 0 saturated heterocycles. The summed E-state index contributed by atoms with van der Waals surface area (Å²) < 4.78 is 48.4. The Hall–Kier alpha value is -2.76. The van der Waals surface area contributed by atoms with Crippen molar-refractivity contribution in [2.45, 2.75) is 17.1 Å². The SMILES string of the molecule is COc1cccc(-c2noc(CSc3nnc(C(F)(F)F)n3N)n2)c1. The number of thioether (sulfide) groups is 1. The Morgan fingerprint density at radius 3 is 2.80 bits per heavy atom. The van der Waals surface area contributed by atoms with Crippen molar-refractivity contribution in [3.63, 3.8) is 0 Å². The van der Waals surface area contributed by atoms with Crippen LogP contribution in [0.1, 0.15) is 11.7 Å². The van der Waals surface area contributed by atoms with Gasteiger partial charge in [0.15, 0.2) is 0 Å². The number of nitrogens with two attached hydrogens (primary N) is 1. The molecular formula is C13H11F3N6O2S. The molecule has 0 aliphatic rings. The largest absolute Gasteiger partial charge is 0.497 e. The Morgan fingerprint density at radius 1 is 1.32 bits per heavy atom. The molecule has 0 unspecified atom stereocenters. The number of methoxy groups -OCH3 is 1. The molecule has 2 N–H and O–H groups in total. The highest BCUT2D eigenvalue weighted by molar-refractivity contribution is 7.98. The average Bonchev–Trinajstić information content (AvgIpc) is 3.19. The second kappa shape index (κ2) is 6.63. The monoisotopic (exact) mass is 372 g/mol. The zero-order chi connectivity index (χ0) is 18.0. The van der Waals surface area contributed by atoms with Crippen LogP contribution < -0.4 is 10.6 Å². The number of aromatic nitrogens is 5. The van der Waals surface area contributed by atoms with Gasteiger partial charge in [0, 0.05) is 5.56 Å². The van der Waals surface area contributed by atoms with E-state index in [1.54, 1.807) is 24.3 Å². The number of halogens is 3. The Bertz CT molecular complexity index is 879. The van der Waals surface area contributed by atoms with E-state index in [0.29, 0.717) is 21.8 Å². The van der Waals surface area contributed by atoms with Crippen molar-refractivity contribution in [2.24, 2.45) is 0 Å². The quantitative estimate of drug-likeness (QED) is 0.538. The van der Waals surface area contributed by atoms with Crippen LogP contribution >= 0.6 is 11.8 Å². The third kappa shape index (κ3) is 3.68. The first kappa shape index (κ1) is 17.1. The molecule has 132 valence electrons. The maximum absolute atomic E-state index is 12.6. The van der Waals surface area contributed by atoms with E-state index in [9.17, 15) is 13.2 Å². The lowest BCUT2D eigenvalue weighted by atomic mass is 10.2. The fourth-order valence-electron chi connectivity index (χ4n) is 1.89. The van der Waals surface area contributed by atoms with Crippen molar-refractivity contribution in [2.75, 3.05) is 13.0 Å². The molecule has 8 nitrogen and oxygen atoms in total. The van der Waals surface area contributed by atoms with Gasteiger partial charge in [-0.05, 0) is 12.1 Å². The standard InChI is InChI=1S/C13H11F3N6O2S/c1-23-8-4-2-3-7(5-8)10-18-9(24-21-10)6-25-12-20-19-11(22(12)17)13(14,15)16/h2-5H,6,17H2,1H3. The van der Waals surface area contributed by atoms with Crippen molar-refractivity contribution < 1.29 is 22.4 Å². The summed E-state index contributed by atoms with van der Waals surface area (Å²) in [7, 11) is 1.54. The summed E-state index contributed by atoms with van der Waals surface area (Å²) in [5.74, 6) is 5.33. The van der Waals surface area contributed by atoms with E-state index < -0.39 is 12.0 Å². The highest BCUT2D eigenvalue weighted by atomic mass is 32.2. The number of ether oxygens (including phenoxy) is 1. The molecule has 0 spiro atoms. The van der Waals surface area contributed by atoms with Gasteiger partial charge in [-0.2, -0.15) is 18.2 Å². The lowest BCUT2D eigenvalue weighted by Crippen LogP contribution is -2.21. The van der Waals surface area contributed by atoms with Gasteiger partial charge in [-0.15, -0.1) is 10.2 Å². The highest BCUT2D eigenvalue weighted by Gasteiger charge is 2.38. The van der Waals surface area contributed by atoms with E-state index in [4.69, 9.17) is 15.1 Å². The minimum Gasteiger partial charge on any atom is -0.497 e. The second-order valence-electron chi connectivity index (χ2n) is 4.71. The number of benzene rings is 1. The number of rotatable bonds is 5. The third-order valence-electron chi connectivity index (χ3n) is 3.04. The average molecular weight is 372 g/mol. The van der Waals surface area contributed by atoms with Crippen molar-refractivity contribution in [1.82, 2.24) is 25.0 Å². The van der Waals surface area contributed by atoms with Crippen molar-refractivity contribution in [3.05, 3.63) is 36.0 Å². The van der Waals surface area contributed by atoms with Crippen LogP contribution in [-0.2, 0) is 11.9 Å². The molecule has 3 rings (SSSR count). The van der Waals surface area contributed by atoms with Crippen LogP contribution in [0.2, 0.25) is 0 Å². The van der Waals surface area contributed by atoms with Gasteiger partial charge in [0.05, 0.1) is 12.9 Å². The lowest BCUT2D eigenvalue weighted by Gasteiger charge is -2.05. The fourth-order valence-corrected chi connectivity index (χ4v) is 2.58. The van der Waals surface area contributed by atoms with Gasteiger partial charge in [-0.3, -0.25) is 0 Å². The third-order valence-corrected chi connectivity index (χ3v) is 3.97. The molecule has 0 bridgehead atoms. The van der Waals surface area contributed by atoms with E-state index in [1.807, 2.05) is 0 Å². The zero-order valence-electron chi connectivity index (χ0n) is 12.7. The highest BCUT2D eigenvalue weighted by Crippen LogP contribution is 2.30. The summed E-state index contributed by atoms with van der Waals surface area (Å²) >= 11 is 0.897. The molecule has 2 heterocycles. The minimum atomic E-state index is -4.68. The van der Waals surface area contributed by atoms with Crippen molar-refractivity contribution in [3.8, 4) is 17.1 Å². The molecule has 0 aliphatic carbocycles. The number of nitrogen functional groups attached to an aromatic ring is 1. The maximum Gasteiger partial charge on any atom is 0.453 e. The van der Waals surface area contributed by atoms with Crippen molar-refractivity contribution >= 4 is 11.8 Å². The van der Waals surface area contributed by atoms with Gasteiger partial charge in [-0.25, -0.2) is 4.68 Å². The van der Waals surface area contributed by atoms with Gasteiger partial charge in [0.2, 0.25) is 16.9 Å². The summed E-state index contributed by atoms with van der Waals surface area (Å²) in [5, 5.41) is 10.2. The van der Waals surface area contributed by atoms with Crippen LogP contribution in [0.4, 0.5) is 13.2 Å². The number of nitrogens with zero attached hydrogens (tertiary/aromatic N) is 5. The van der Waals surface area contributed by atoms with Gasteiger partial charge in [-0.1, -0.05) is 29.1 Å². The fraction of sp³-hybridized carbons (Fsp3) is 0.231. The van der Waals surface area contributed by atoms with Gasteiger partial charge < -0.3 is 15.1 Å². The maximum atomic E-state index is 12.6. The normalized spacial score (nSPS) is 11.7. The molecule has 0 atom stereocenters. The second-order valence-corrected chi connectivity index (χ2v) is 5.65. The lowest BCUT2D eigenvalue weighted by molar-refractivity contribution is -0.146. The molecule has 25 heavy (non-hydrogen) atoms. The topological polar surface area (TPSA) is 105 Å². The summed E-state index contributed by atoms with van der Waals surface area (Å²) in [6.07, 6.45) is -4.68. The van der Waals surface area contributed by atoms with Crippen LogP contribution in [0, 0.1) is 0 Å². The van der Waals surface area contributed by atoms with Crippen LogP contribution in [0.3, 0.4) is 0 Å². The zero-order valence-corrected chi connectivity index (χ0v) is 13.5. The smallest absolute Gasteiger partial charge is 0.453 e. The van der Waals surface area contributed by atoms with Crippen molar-refractivity contribution in [1.29, 1.82) is 0 Å². The first-order valence-electron chi connectivity index (χ1n) is 6.76. The molecule has 12 heteroatoms. The molecule has 0 saturated carbocycles. The Kier molecular flexibility index (Phi) is 4.53. The molecule has 0 fully saturated rings. The van der Waals surface area contributed by atoms with Crippen LogP contribution in [0.25, 0.3) is 11.4 Å². The van der Waals surface area contributed by atoms with Crippen LogP contribution in [-0.4, -0.2) is 32.1 Å². The Balaban J connectivity index is 1.71. The van der Waals surface area contributed by atoms with E-state index >= 15 is 0 Å². The minimum absolute atomic E-state index is 0.0875. The van der Waals surface area contributed by atoms with Crippen LogP contribution in [0.5, 0.6) is 5.75 Å². The van der Waals surface area contributed by atoms with E-state index in [2.05, 4.69) is 20.3 Å². The Labute approximate surface area is 143 Å². The van der Waals surface area contributed by atoms with Gasteiger partial charge in [0.1, 0.15) is 5.75 Å². The summed E-state index contributed by atoms with van der Waals surface area (Å²) in [6.45, 7) is 0. The molecule has 1 aromatic carbocycles. The number of hydrogen-bond acceptors (Lipinski definition) is 8. The molecule has 0 radical (unpaired) electrons. The molecular weight excluding hydrogens is 361 g/mol. The molecule has 0 amide bonds. The number of hydrogen-bond donors (Lipinski definition) is 1. The summed E-state index contributed by atoms with van der Waals surface area (Å²) in [5.41, 5.74) is 0.681. The summed E-state index contributed by atoms with van der Waals surface area (Å²) in [6, 6.07) is 7.05. The van der Waals surface area contributed by atoms with Gasteiger partial charge in [0.25, 0.3) is 5.82 Å². The van der Waals surface area contributed by atoms with E-state index in [-0.39, 0.29) is 16.8 Å². The predicted octanol–water partition coefficient (Wildman–Crippen LogP) is 2.36. The van der Waals surface area contributed by atoms with Gasteiger partial charge >= 0.3 is 6.18 Å². The van der Waals surface area contributed by atoms with E-state index in [1.165, 1.54) is 7.11 Å². The Morgan fingerprint density at radius 2 is 2.12 bits per heavy atom. The first-order chi connectivity index (χ1) is 11.9. The first-order valence-corrected chi connectivity index (χ1v) is 7.74. The summed E-state index contributed by atoms with van der Waals surface area (Å²) in [4.78, 5) is 4.18. The molecule has 0 aliphatic heterocycles. The molecule has 2 aromatic heterocycles. The van der Waals surface area contributed by atoms with Crippen LogP contribution in [0.15, 0.2) is 33.9 Å².